The number of rotatable bonds is 6. The van der Waals surface area contributed by atoms with E-state index in [1.54, 1.807) is 0 Å². The summed E-state index contributed by atoms with van der Waals surface area (Å²) in [7, 11) is 2.69. The minimum absolute atomic E-state index is 0.0824. The largest absolute Gasteiger partial charge is 0.548 e. The lowest BCUT2D eigenvalue weighted by Crippen LogP contribution is -2.51. The monoisotopic (exact) mass is 310 g/mol. The highest BCUT2D eigenvalue weighted by Crippen LogP contribution is 2.32. The lowest BCUT2D eigenvalue weighted by atomic mass is 10.3. The Morgan fingerprint density at radius 2 is 1.80 bits per heavy atom. The molecular formula is C13H12NO4S2-. The zero-order valence-electron chi connectivity index (χ0n) is 10.5. The van der Waals surface area contributed by atoms with E-state index in [0.29, 0.717) is 0 Å². The van der Waals surface area contributed by atoms with E-state index in [2.05, 4.69) is 0 Å². The van der Waals surface area contributed by atoms with Crippen molar-refractivity contribution in [2.75, 3.05) is 5.75 Å². The molecule has 0 bridgehead atoms. The molecular weight excluding hydrogens is 298 g/mol. The molecule has 1 saturated heterocycles. The van der Waals surface area contributed by atoms with Gasteiger partial charge in [-0.1, -0.05) is 39.8 Å². The highest BCUT2D eigenvalue weighted by Gasteiger charge is 2.35. The minimum Gasteiger partial charge on any atom is -0.548 e. The van der Waals surface area contributed by atoms with Crippen molar-refractivity contribution in [2.24, 2.45) is 0 Å². The predicted octanol–water partition coefficient (Wildman–Crippen LogP) is 0.694. The zero-order chi connectivity index (χ0) is 14.5. The molecule has 1 heterocycles. The molecule has 1 fully saturated rings. The van der Waals surface area contributed by atoms with E-state index in [4.69, 9.17) is 0 Å². The molecule has 5 nitrogen and oxygen atoms in total. The molecule has 1 aliphatic heterocycles. The van der Waals surface area contributed by atoms with Gasteiger partial charge in [-0.2, -0.15) is 0 Å². The summed E-state index contributed by atoms with van der Waals surface area (Å²) in [5.74, 6) is -2.15. The number of benzene rings is 1. The molecule has 1 aliphatic rings. The summed E-state index contributed by atoms with van der Waals surface area (Å²) in [5, 5.41) is 11.1. The van der Waals surface area contributed by atoms with E-state index < -0.39 is 23.8 Å². The van der Waals surface area contributed by atoms with Crippen molar-refractivity contribution < 1.29 is 19.5 Å². The second-order valence-corrected chi connectivity index (χ2v) is 6.59. The van der Waals surface area contributed by atoms with Gasteiger partial charge in [-0.3, -0.25) is 14.5 Å². The van der Waals surface area contributed by atoms with Crippen LogP contribution in [0.4, 0.5) is 0 Å². The van der Waals surface area contributed by atoms with Gasteiger partial charge in [0.1, 0.15) is 0 Å². The van der Waals surface area contributed by atoms with E-state index >= 15 is 0 Å². The van der Waals surface area contributed by atoms with Crippen LogP contribution in [0.15, 0.2) is 35.2 Å². The Morgan fingerprint density at radius 3 is 2.35 bits per heavy atom. The molecule has 1 aromatic rings. The third-order valence-electron chi connectivity index (χ3n) is 2.80. The fourth-order valence-corrected chi connectivity index (χ4v) is 4.05. The Labute approximate surface area is 124 Å². The van der Waals surface area contributed by atoms with Crippen molar-refractivity contribution in [3.05, 3.63) is 30.3 Å². The number of carboxylic acids is 1. The number of amides is 2. The number of carbonyl (C=O) groups is 3. The number of imide groups is 1. The number of carboxylic acid groups (broad SMARTS) is 1. The van der Waals surface area contributed by atoms with E-state index in [0.717, 1.165) is 9.80 Å². The van der Waals surface area contributed by atoms with E-state index in [1.165, 1.54) is 21.6 Å². The van der Waals surface area contributed by atoms with Crippen LogP contribution in [0.2, 0.25) is 0 Å². The van der Waals surface area contributed by atoms with E-state index in [9.17, 15) is 19.5 Å². The third-order valence-corrected chi connectivity index (χ3v) is 5.17. The van der Waals surface area contributed by atoms with Gasteiger partial charge in [-0.25, -0.2) is 0 Å². The maximum atomic E-state index is 11.6. The minimum atomic E-state index is -1.39. The molecule has 0 saturated carbocycles. The second-order valence-electron chi connectivity index (χ2n) is 4.17. The van der Waals surface area contributed by atoms with Gasteiger partial charge in [0, 0.05) is 23.5 Å². The SMILES string of the molecule is O=C([O-])C(CSSc1ccccc1)N1C(=O)CCC1=O. The van der Waals surface area contributed by atoms with Crippen LogP contribution in [0.3, 0.4) is 0 Å². The van der Waals surface area contributed by atoms with Crippen LogP contribution in [-0.2, 0) is 14.4 Å². The first-order valence-corrected chi connectivity index (χ1v) is 8.32. The van der Waals surface area contributed by atoms with E-state index in [-0.39, 0.29) is 18.6 Å². The van der Waals surface area contributed by atoms with Crippen LogP contribution in [0.1, 0.15) is 12.8 Å². The highest BCUT2D eigenvalue weighted by atomic mass is 33.1. The molecule has 1 atom stereocenters. The molecule has 0 aliphatic carbocycles. The third kappa shape index (κ3) is 3.55. The molecule has 20 heavy (non-hydrogen) atoms. The van der Waals surface area contributed by atoms with Crippen molar-refractivity contribution >= 4 is 39.4 Å². The van der Waals surface area contributed by atoms with Gasteiger partial charge < -0.3 is 9.90 Å². The maximum absolute atomic E-state index is 11.6. The topological polar surface area (TPSA) is 77.5 Å². The normalized spacial score (nSPS) is 16.5. The van der Waals surface area contributed by atoms with E-state index in [1.807, 2.05) is 30.3 Å². The van der Waals surface area contributed by atoms with Gasteiger partial charge in [-0.15, -0.1) is 0 Å². The molecule has 1 aromatic carbocycles. The average Bonchev–Trinajstić information content (AvgIpc) is 2.76. The summed E-state index contributed by atoms with van der Waals surface area (Å²) in [5.41, 5.74) is 0. The summed E-state index contributed by atoms with van der Waals surface area (Å²) < 4.78 is 0. The van der Waals surface area contributed by atoms with Crippen LogP contribution < -0.4 is 5.11 Å². The van der Waals surface area contributed by atoms with Crippen molar-refractivity contribution in [3.63, 3.8) is 0 Å². The van der Waals surface area contributed by atoms with Crippen LogP contribution in [-0.4, -0.2) is 34.5 Å². The van der Waals surface area contributed by atoms with Gasteiger partial charge in [0.2, 0.25) is 11.8 Å². The van der Waals surface area contributed by atoms with Crippen LogP contribution in [0.25, 0.3) is 0 Å². The van der Waals surface area contributed by atoms with Gasteiger partial charge in [-0.05, 0) is 12.1 Å². The van der Waals surface area contributed by atoms with Crippen LogP contribution >= 0.6 is 21.6 Å². The molecule has 2 amide bonds. The first kappa shape index (κ1) is 14.9. The average molecular weight is 310 g/mol. The first-order valence-electron chi connectivity index (χ1n) is 6.00. The Hall–Kier alpha value is -1.47. The van der Waals surface area contributed by atoms with Crippen molar-refractivity contribution in [1.82, 2.24) is 4.90 Å². The molecule has 2 rings (SSSR count). The Morgan fingerprint density at radius 1 is 1.20 bits per heavy atom. The molecule has 0 spiro atoms. The molecule has 1 unspecified atom stereocenters. The number of aliphatic carboxylic acids is 1. The summed E-state index contributed by atoms with van der Waals surface area (Å²) in [6.45, 7) is 0. The molecule has 0 N–H and O–H groups in total. The summed E-state index contributed by atoms with van der Waals surface area (Å²) >= 11 is 0. The number of hydrogen-bond acceptors (Lipinski definition) is 6. The molecule has 7 heteroatoms. The quantitative estimate of drug-likeness (QED) is 0.568. The molecule has 0 aromatic heterocycles. The zero-order valence-corrected chi connectivity index (χ0v) is 12.1. The summed E-state index contributed by atoms with van der Waals surface area (Å²) in [6.07, 6.45) is 0.165. The van der Waals surface area contributed by atoms with Gasteiger partial charge in [0.15, 0.2) is 0 Å². The standard InChI is InChI=1S/C13H13NO4S2/c15-11-6-7-12(16)14(11)10(13(17)18)8-19-20-9-4-2-1-3-5-9/h1-5,10H,6-8H2,(H,17,18)/p-1. The number of carbonyl (C=O) groups excluding carboxylic acids is 3. The summed E-state index contributed by atoms with van der Waals surface area (Å²) in [4.78, 5) is 36.1. The second kappa shape index (κ2) is 6.81. The van der Waals surface area contributed by atoms with Crippen molar-refractivity contribution in [1.29, 1.82) is 0 Å². The molecule has 106 valence electrons. The maximum Gasteiger partial charge on any atom is 0.230 e. The fourth-order valence-electron chi connectivity index (χ4n) is 1.83. The van der Waals surface area contributed by atoms with Crippen LogP contribution in [0, 0.1) is 0 Å². The Bertz CT molecular complexity index is 504. The lowest BCUT2D eigenvalue weighted by molar-refractivity contribution is -0.310. The summed E-state index contributed by atoms with van der Waals surface area (Å²) in [6, 6.07) is 8.26. The number of hydrogen-bond donors (Lipinski definition) is 0. The Balaban J connectivity index is 1.95. The molecule has 0 radical (unpaired) electrons. The number of nitrogens with zero attached hydrogens (tertiary/aromatic N) is 1. The van der Waals surface area contributed by atoms with Crippen molar-refractivity contribution in [2.45, 2.75) is 23.8 Å². The first-order chi connectivity index (χ1) is 9.59. The Kier molecular flexibility index (Phi) is 5.08. The predicted molar refractivity (Wildman–Crippen MR) is 74.6 cm³/mol. The van der Waals surface area contributed by atoms with Crippen molar-refractivity contribution in [3.8, 4) is 0 Å². The highest BCUT2D eigenvalue weighted by molar-refractivity contribution is 8.76. The van der Waals surface area contributed by atoms with Gasteiger partial charge in [0.25, 0.3) is 0 Å². The van der Waals surface area contributed by atoms with Crippen LogP contribution in [0.5, 0.6) is 0 Å². The number of likely N-dealkylation sites (tertiary alicyclic amines) is 1. The van der Waals surface area contributed by atoms with Gasteiger partial charge >= 0.3 is 0 Å². The fraction of sp³-hybridized carbons (Fsp3) is 0.308. The smallest absolute Gasteiger partial charge is 0.230 e. The van der Waals surface area contributed by atoms with Gasteiger partial charge in [0.05, 0.1) is 12.0 Å². The lowest BCUT2D eigenvalue weighted by Gasteiger charge is -2.26.